The van der Waals surface area contributed by atoms with Gasteiger partial charge in [-0.3, -0.25) is 4.98 Å². The van der Waals surface area contributed by atoms with Crippen molar-refractivity contribution in [2.45, 2.75) is 73.0 Å². The number of pyridine rings is 2. The van der Waals surface area contributed by atoms with Crippen LogP contribution in [0.1, 0.15) is 59.2 Å². The highest BCUT2D eigenvalue weighted by molar-refractivity contribution is 5.68. The van der Waals surface area contributed by atoms with E-state index in [1.54, 1.807) is 46.0 Å². The zero-order valence-corrected chi connectivity index (χ0v) is 19.8. The van der Waals surface area contributed by atoms with Crippen molar-refractivity contribution in [3.8, 4) is 17.0 Å². The van der Waals surface area contributed by atoms with Gasteiger partial charge in [-0.25, -0.2) is 9.78 Å². The van der Waals surface area contributed by atoms with Gasteiger partial charge in [0.05, 0.1) is 11.2 Å². The van der Waals surface area contributed by atoms with Crippen LogP contribution in [0.2, 0.25) is 0 Å². The van der Waals surface area contributed by atoms with Crippen LogP contribution >= 0.6 is 0 Å². The second-order valence-corrected chi connectivity index (χ2v) is 9.70. The van der Waals surface area contributed by atoms with Crippen molar-refractivity contribution in [1.29, 1.82) is 0 Å². The smallest absolute Gasteiger partial charge is 0.408 e. The zero-order valence-electron chi connectivity index (χ0n) is 19.8. The number of aromatic nitrogens is 2. The van der Waals surface area contributed by atoms with E-state index in [0.717, 1.165) is 11.3 Å². The molecule has 0 aliphatic heterocycles. The first-order valence-corrected chi connectivity index (χ1v) is 10.5. The Morgan fingerprint density at radius 3 is 2.42 bits per heavy atom. The summed E-state index contributed by atoms with van der Waals surface area (Å²) in [7, 11) is 0. The van der Waals surface area contributed by atoms with Crippen molar-refractivity contribution < 1.29 is 18.7 Å². The second-order valence-electron chi connectivity index (χ2n) is 9.70. The maximum Gasteiger partial charge on any atom is 0.408 e. The molecule has 0 saturated heterocycles. The van der Waals surface area contributed by atoms with Gasteiger partial charge in [0.2, 0.25) is 0 Å². The first-order valence-electron chi connectivity index (χ1n) is 10.5. The third kappa shape index (κ3) is 7.49. The third-order valence-corrected chi connectivity index (χ3v) is 4.51. The van der Waals surface area contributed by atoms with Crippen LogP contribution in [-0.4, -0.2) is 33.8 Å². The summed E-state index contributed by atoms with van der Waals surface area (Å²) in [5.74, 6) is -0.325. The molecule has 1 amide bonds. The van der Waals surface area contributed by atoms with E-state index in [1.165, 1.54) is 0 Å². The van der Waals surface area contributed by atoms with E-state index in [-0.39, 0.29) is 18.3 Å². The van der Waals surface area contributed by atoms with Crippen LogP contribution in [0, 0.1) is 25.7 Å². The Balaban J connectivity index is 2.21. The number of hydrogen-bond acceptors (Lipinski definition) is 5. The molecular formula is C24H34FN3O3. The normalized spacial score (nSPS) is 13.6. The summed E-state index contributed by atoms with van der Waals surface area (Å²) in [5.41, 5.74) is 1.41. The molecule has 0 aliphatic carbocycles. The van der Waals surface area contributed by atoms with Crippen LogP contribution in [0.15, 0.2) is 24.4 Å². The quantitative estimate of drug-likeness (QED) is 0.577. The van der Waals surface area contributed by atoms with Crippen LogP contribution in [0.25, 0.3) is 11.3 Å². The Kier molecular flexibility index (Phi) is 7.63. The lowest BCUT2D eigenvalue weighted by atomic mass is 9.91. The summed E-state index contributed by atoms with van der Waals surface area (Å²) in [4.78, 5) is 20.6. The van der Waals surface area contributed by atoms with E-state index < -0.39 is 23.2 Å². The molecule has 2 heterocycles. The lowest BCUT2D eigenvalue weighted by molar-refractivity contribution is 0.0406. The second kappa shape index (κ2) is 9.62. The van der Waals surface area contributed by atoms with Gasteiger partial charge in [0.25, 0.3) is 5.95 Å². The first kappa shape index (κ1) is 24.6. The van der Waals surface area contributed by atoms with Gasteiger partial charge in [-0.2, -0.15) is 4.39 Å². The maximum absolute atomic E-state index is 14.9. The lowest BCUT2D eigenvalue weighted by Gasteiger charge is -2.33. The molecule has 0 fully saturated rings. The van der Waals surface area contributed by atoms with Gasteiger partial charge in [0.1, 0.15) is 12.2 Å². The van der Waals surface area contributed by atoms with Crippen LogP contribution in [0.5, 0.6) is 5.75 Å². The molecule has 0 radical (unpaired) electrons. The van der Waals surface area contributed by atoms with Crippen molar-refractivity contribution in [2.24, 2.45) is 5.92 Å². The minimum absolute atomic E-state index is 0.0792. The summed E-state index contributed by atoms with van der Waals surface area (Å²) in [6.45, 7) is 15.1. The Morgan fingerprint density at radius 1 is 1.19 bits per heavy atom. The van der Waals surface area contributed by atoms with Gasteiger partial charge in [-0.05, 0) is 77.6 Å². The minimum Gasteiger partial charge on any atom is -0.486 e. The van der Waals surface area contributed by atoms with Gasteiger partial charge in [-0.15, -0.1) is 0 Å². The molecule has 1 N–H and O–H groups in total. The number of hydrogen-bond donors (Lipinski definition) is 1. The fourth-order valence-corrected chi connectivity index (χ4v) is 3.48. The molecule has 0 aromatic carbocycles. The molecule has 1 atom stereocenters. The van der Waals surface area contributed by atoms with Gasteiger partial charge < -0.3 is 14.8 Å². The van der Waals surface area contributed by atoms with E-state index in [4.69, 9.17) is 9.47 Å². The number of carbonyl (C=O) groups is 1. The van der Waals surface area contributed by atoms with E-state index >= 15 is 0 Å². The average Bonchev–Trinajstić information content (AvgIpc) is 2.58. The van der Waals surface area contributed by atoms with E-state index in [2.05, 4.69) is 15.3 Å². The summed E-state index contributed by atoms with van der Waals surface area (Å²) >= 11 is 0. The maximum atomic E-state index is 14.9. The van der Waals surface area contributed by atoms with Crippen LogP contribution < -0.4 is 10.1 Å². The molecule has 0 aliphatic rings. The predicted octanol–water partition coefficient (Wildman–Crippen LogP) is 5.61. The molecule has 1 unspecified atom stereocenters. The Hall–Kier alpha value is -2.70. The third-order valence-electron chi connectivity index (χ3n) is 4.51. The minimum atomic E-state index is -0.740. The van der Waals surface area contributed by atoms with E-state index in [1.807, 2.05) is 33.8 Å². The van der Waals surface area contributed by atoms with E-state index in [9.17, 15) is 9.18 Å². The zero-order chi connectivity index (χ0) is 23.4. The molecule has 2 rings (SSSR count). The number of nitrogens with one attached hydrogen (secondary N) is 1. The molecule has 0 bridgehead atoms. The number of alkyl carbamates (subject to hydrolysis) is 1. The van der Waals surface area contributed by atoms with Crippen molar-refractivity contribution in [2.75, 3.05) is 6.61 Å². The fraction of sp³-hybridized carbons (Fsp3) is 0.542. The highest BCUT2D eigenvalue weighted by atomic mass is 19.1. The summed E-state index contributed by atoms with van der Waals surface area (Å²) in [6, 6.07) is 5.43. The molecule has 6 nitrogen and oxygen atoms in total. The Morgan fingerprint density at radius 2 is 1.87 bits per heavy atom. The monoisotopic (exact) mass is 431 g/mol. The van der Waals surface area contributed by atoms with Crippen LogP contribution in [-0.2, 0) is 4.74 Å². The molecule has 31 heavy (non-hydrogen) atoms. The van der Waals surface area contributed by atoms with Crippen molar-refractivity contribution in [1.82, 2.24) is 15.3 Å². The number of aryl methyl sites for hydroxylation is 2. The lowest BCUT2D eigenvalue weighted by Crippen LogP contribution is -2.52. The van der Waals surface area contributed by atoms with Crippen LogP contribution in [0.4, 0.5) is 9.18 Å². The number of carbonyl (C=O) groups excluding carboxylic acids is 1. The first-order chi connectivity index (χ1) is 14.3. The SMILES string of the molecule is Cc1cc(-c2cc(C)c(OCC(C)(CC(C)C)NC(=O)OC(C)(C)C)c(F)n2)ccn1. The van der Waals surface area contributed by atoms with Gasteiger partial charge in [-0.1, -0.05) is 13.8 Å². The highest BCUT2D eigenvalue weighted by Gasteiger charge is 2.31. The standard InChI is InChI=1S/C24H34FN3O3/c1-15(2)13-24(8,28-22(29)31-23(5,6)7)14-30-20-16(3)11-19(27-21(20)25)18-9-10-26-17(4)12-18/h9-12,15H,13-14H2,1-8H3,(H,28,29). The average molecular weight is 432 g/mol. The van der Waals surface area contributed by atoms with Gasteiger partial charge in [0.15, 0.2) is 5.75 Å². The van der Waals surface area contributed by atoms with Crippen molar-refractivity contribution >= 4 is 6.09 Å². The summed E-state index contributed by atoms with van der Waals surface area (Å²) in [6.07, 6.45) is 1.77. The molecule has 2 aromatic heterocycles. The summed E-state index contributed by atoms with van der Waals surface area (Å²) in [5, 5.41) is 2.90. The van der Waals surface area contributed by atoms with Crippen LogP contribution in [0.3, 0.4) is 0 Å². The topological polar surface area (TPSA) is 73.3 Å². The number of halogens is 1. The molecule has 0 spiro atoms. The van der Waals surface area contributed by atoms with Crippen molar-refractivity contribution in [3.05, 3.63) is 41.6 Å². The van der Waals surface area contributed by atoms with E-state index in [0.29, 0.717) is 17.7 Å². The largest absolute Gasteiger partial charge is 0.486 e. The number of nitrogens with zero attached hydrogens (tertiary/aromatic N) is 2. The van der Waals surface area contributed by atoms with Crippen molar-refractivity contribution in [3.63, 3.8) is 0 Å². The number of amides is 1. The Bertz CT molecular complexity index is 902. The summed E-state index contributed by atoms with van der Waals surface area (Å²) < 4.78 is 26.1. The number of ether oxygens (including phenoxy) is 2. The Labute approximate surface area is 184 Å². The predicted molar refractivity (Wildman–Crippen MR) is 120 cm³/mol. The number of rotatable bonds is 7. The fourth-order valence-electron chi connectivity index (χ4n) is 3.48. The highest BCUT2D eigenvalue weighted by Crippen LogP contribution is 2.28. The molecule has 0 saturated carbocycles. The molecular weight excluding hydrogens is 397 g/mol. The molecule has 170 valence electrons. The van der Waals surface area contributed by atoms with Gasteiger partial charge >= 0.3 is 6.09 Å². The van der Waals surface area contributed by atoms with Gasteiger partial charge in [0, 0.05) is 17.5 Å². The molecule has 7 heteroatoms. The molecule has 2 aromatic rings.